The van der Waals surface area contributed by atoms with Gasteiger partial charge >= 0.3 is 0 Å². The van der Waals surface area contributed by atoms with Gasteiger partial charge in [-0.1, -0.05) is 5.16 Å². The van der Waals surface area contributed by atoms with Crippen LogP contribution in [0.4, 0.5) is 5.69 Å². The van der Waals surface area contributed by atoms with E-state index in [1.165, 1.54) is 4.31 Å². The van der Waals surface area contributed by atoms with Crippen molar-refractivity contribution in [3.8, 4) is 11.5 Å². The minimum absolute atomic E-state index is 0.208. The molecule has 2 fully saturated rings. The van der Waals surface area contributed by atoms with E-state index < -0.39 is 15.6 Å². The van der Waals surface area contributed by atoms with Crippen LogP contribution in [0, 0.1) is 6.92 Å². The molecule has 0 bridgehead atoms. The van der Waals surface area contributed by atoms with E-state index in [0.717, 1.165) is 30.4 Å². The molecule has 1 aromatic carbocycles. The Balaban J connectivity index is 1.65. The van der Waals surface area contributed by atoms with Crippen LogP contribution in [0.2, 0.25) is 0 Å². The van der Waals surface area contributed by atoms with E-state index >= 15 is 0 Å². The Morgan fingerprint density at radius 2 is 2.08 bits per heavy atom. The zero-order valence-electron chi connectivity index (χ0n) is 13.5. The van der Waals surface area contributed by atoms with Gasteiger partial charge in [-0.2, -0.15) is 4.98 Å². The lowest BCUT2D eigenvalue weighted by molar-refractivity contribution is 0.229. The maximum atomic E-state index is 12.1. The average Bonchev–Trinajstić information content (AvgIpc) is 3.11. The molecule has 7 nitrogen and oxygen atoms in total. The number of hydrogen-bond donors (Lipinski definition) is 1. The molecule has 1 aliphatic carbocycles. The molecule has 2 N–H and O–H groups in total. The third-order valence-corrected chi connectivity index (χ3v) is 6.81. The summed E-state index contributed by atoms with van der Waals surface area (Å²) in [5.74, 6) is 1.18. The van der Waals surface area contributed by atoms with Crippen molar-refractivity contribution >= 4 is 15.7 Å². The van der Waals surface area contributed by atoms with Gasteiger partial charge in [-0.3, -0.25) is 4.31 Å². The zero-order chi connectivity index (χ0) is 16.9. The highest BCUT2D eigenvalue weighted by molar-refractivity contribution is 7.93. The number of hydrogen-bond acceptors (Lipinski definition) is 6. The van der Waals surface area contributed by atoms with Crippen molar-refractivity contribution in [2.45, 2.75) is 38.1 Å². The zero-order valence-corrected chi connectivity index (χ0v) is 14.3. The summed E-state index contributed by atoms with van der Waals surface area (Å²) in [6.45, 7) is 2.44. The third-order valence-electron chi connectivity index (χ3n) is 4.94. The number of sulfonamides is 1. The van der Waals surface area contributed by atoms with Crippen molar-refractivity contribution in [2.24, 2.45) is 5.73 Å². The van der Waals surface area contributed by atoms with Gasteiger partial charge in [0.05, 0.1) is 17.0 Å². The highest BCUT2D eigenvalue weighted by Crippen LogP contribution is 2.38. The molecule has 1 saturated heterocycles. The molecule has 0 radical (unpaired) electrons. The van der Waals surface area contributed by atoms with E-state index in [1.807, 2.05) is 19.1 Å². The van der Waals surface area contributed by atoms with Crippen molar-refractivity contribution < 1.29 is 12.9 Å². The fraction of sp³-hybridized carbons (Fsp3) is 0.500. The SMILES string of the molecule is Cc1cc(N2CCCS2(=O)=O)ccc1-c1nc(C2(N)CCC2)no1. The first kappa shape index (κ1) is 15.6. The fourth-order valence-electron chi connectivity index (χ4n) is 3.29. The molecule has 4 rings (SSSR count). The van der Waals surface area contributed by atoms with Gasteiger partial charge < -0.3 is 10.3 Å². The second kappa shape index (κ2) is 5.29. The Bertz CT molecular complexity index is 886. The normalized spacial score (nSPS) is 21.7. The smallest absolute Gasteiger partial charge is 0.258 e. The summed E-state index contributed by atoms with van der Waals surface area (Å²) < 4.78 is 31.0. The molecule has 1 aliphatic heterocycles. The number of aryl methyl sites for hydroxylation is 1. The lowest BCUT2D eigenvalue weighted by Crippen LogP contribution is -2.44. The molecule has 1 aromatic heterocycles. The molecule has 0 unspecified atom stereocenters. The standard InChI is InChI=1S/C16H20N4O3S/c1-11-10-12(20-8-3-9-24(20,21)22)4-5-13(11)14-18-15(19-23-14)16(17)6-2-7-16/h4-5,10H,2-3,6-9,17H2,1H3. The van der Waals surface area contributed by atoms with E-state index in [9.17, 15) is 8.42 Å². The van der Waals surface area contributed by atoms with Crippen LogP contribution in [-0.2, 0) is 15.6 Å². The summed E-state index contributed by atoms with van der Waals surface area (Å²) in [6.07, 6.45) is 3.49. The van der Waals surface area contributed by atoms with E-state index in [1.54, 1.807) is 6.07 Å². The second-order valence-corrected chi connectivity index (χ2v) is 8.69. The molecule has 2 aromatic rings. The number of rotatable bonds is 3. The van der Waals surface area contributed by atoms with Crippen LogP contribution in [0.1, 0.15) is 37.1 Å². The molecule has 0 spiro atoms. The maximum Gasteiger partial charge on any atom is 0.258 e. The van der Waals surface area contributed by atoms with E-state index in [-0.39, 0.29) is 5.75 Å². The maximum absolute atomic E-state index is 12.1. The van der Waals surface area contributed by atoms with Gasteiger partial charge in [-0.15, -0.1) is 0 Å². The van der Waals surface area contributed by atoms with Gasteiger partial charge in [-0.05, 0) is 56.4 Å². The number of nitrogens with two attached hydrogens (primary N) is 1. The van der Waals surface area contributed by atoms with E-state index in [4.69, 9.17) is 10.3 Å². The van der Waals surface area contributed by atoms with Gasteiger partial charge in [0.25, 0.3) is 5.89 Å². The first-order chi connectivity index (χ1) is 11.4. The topological polar surface area (TPSA) is 102 Å². The highest BCUT2D eigenvalue weighted by Gasteiger charge is 2.39. The second-order valence-electron chi connectivity index (χ2n) is 6.67. The summed E-state index contributed by atoms with van der Waals surface area (Å²) in [5, 5.41) is 4.03. The quantitative estimate of drug-likeness (QED) is 0.909. The number of benzene rings is 1. The van der Waals surface area contributed by atoms with E-state index in [0.29, 0.717) is 30.4 Å². The van der Waals surface area contributed by atoms with Gasteiger partial charge in [0.1, 0.15) is 0 Å². The van der Waals surface area contributed by atoms with Crippen molar-refractivity contribution in [3.63, 3.8) is 0 Å². The van der Waals surface area contributed by atoms with Gasteiger partial charge in [0.15, 0.2) is 5.82 Å². The van der Waals surface area contributed by atoms with Crippen LogP contribution < -0.4 is 10.0 Å². The predicted octanol–water partition coefficient (Wildman–Crippen LogP) is 1.92. The monoisotopic (exact) mass is 348 g/mol. The van der Waals surface area contributed by atoms with Crippen LogP contribution in [0.25, 0.3) is 11.5 Å². The summed E-state index contributed by atoms with van der Waals surface area (Å²) in [4.78, 5) is 4.46. The molecule has 128 valence electrons. The van der Waals surface area contributed by atoms with Gasteiger partial charge in [0, 0.05) is 12.1 Å². The summed E-state index contributed by atoms with van der Waals surface area (Å²) in [6, 6.07) is 5.47. The van der Waals surface area contributed by atoms with Crippen molar-refractivity contribution in [1.82, 2.24) is 10.1 Å². The Morgan fingerprint density at radius 1 is 1.29 bits per heavy atom. The third kappa shape index (κ3) is 2.41. The predicted molar refractivity (Wildman–Crippen MR) is 89.9 cm³/mol. The minimum Gasteiger partial charge on any atom is -0.334 e. The Kier molecular flexibility index (Phi) is 3.43. The Morgan fingerprint density at radius 3 is 2.67 bits per heavy atom. The highest BCUT2D eigenvalue weighted by atomic mass is 32.2. The molecule has 1 saturated carbocycles. The van der Waals surface area contributed by atoms with Crippen LogP contribution in [0.15, 0.2) is 22.7 Å². The Labute approximate surface area is 140 Å². The largest absolute Gasteiger partial charge is 0.334 e. The number of anilines is 1. The molecule has 8 heteroatoms. The van der Waals surface area contributed by atoms with Crippen molar-refractivity contribution in [2.75, 3.05) is 16.6 Å². The van der Waals surface area contributed by atoms with Crippen LogP contribution in [-0.4, -0.2) is 30.9 Å². The Hall–Kier alpha value is -1.93. The first-order valence-electron chi connectivity index (χ1n) is 8.14. The lowest BCUT2D eigenvalue weighted by atomic mass is 9.77. The molecular weight excluding hydrogens is 328 g/mol. The number of nitrogens with zero attached hydrogens (tertiary/aromatic N) is 3. The van der Waals surface area contributed by atoms with Crippen LogP contribution in [0.3, 0.4) is 0 Å². The first-order valence-corrected chi connectivity index (χ1v) is 9.74. The van der Waals surface area contributed by atoms with Crippen LogP contribution in [0.5, 0.6) is 0 Å². The molecule has 0 atom stereocenters. The molecule has 24 heavy (non-hydrogen) atoms. The van der Waals surface area contributed by atoms with Crippen LogP contribution >= 0.6 is 0 Å². The molecular formula is C16H20N4O3S. The van der Waals surface area contributed by atoms with Crippen molar-refractivity contribution in [3.05, 3.63) is 29.6 Å². The molecule has 2 aliphatic rings. The van der Waals surface area contributed by atoms with Crippen molar-refractivity contribution in [1.29, 1.82) is 0 Å². The lowest BCUT2D eigenvalue weighted by Gasteiger charge is -2.34. The van der Waals surface area contributed by atoms with E-state index in [2.05, 4.69) is 10.1 Å². The molecule has 0 amide bonds. The van der Waals surface area contributed by atoms with Gasteiger partial charge in [0.2, 0.25) is 10.0 Å². The number of aromatic nitrogens is 2. The molecule has 2 heterocycles. The minimum atomic E-state index is -3.18. The van der Waals surface area contributed by atoms with Gasteiger partial charge in [-0.25, -0.2) is 8.42 Å². The summed E-state index contributed by atoms with van der Waals surface area (Å²) in [7, 11) is -3.18. The fourth-order valence-corrected chi connectivity index (χ4v) is 4.85. The summed E-state index contributed by atoms with van der Waals surface area (Å²) >= 11 is 0. The average molecular weight is 348 g/mol. The summed E-state index contributed by atoms with van der Waals surface area (Å²) in [5.41, 5.74) is 8.15.